The molecule has 2 aromatic rings. The fourth-order valence-electron chi connectivity index (χ4n) is 1.67. The monoisotopic (exact) mass is 187 g/mol. The summed E-state index contributed by atoms with van der Waals surface area (Å²) in [6, 6.07) is 10.1. The first kappa shape index (κ1) is 8.88. The predicted molar refractivity (Wildman–Crippen MR) is 59.6 cm³/mol. The number of aryl methyl sites for hydroxylation is 1. The summed E-state index contributed by atoms with van der Waals surface area (Å²) in [4.78, 5) is 0. The van der Waals surface area contributed by atoms with Crippen LogP contribution in [0.2, 0.25) is 0 Å². The average Bonchev–Trinajstić information content (AvgIpc) is 2.18. The maximum atomic E-state index is 5.81. The molecule has 0 fully saturated rings. The fourth-order valence-corrected chi connectivity index (χ4v) is 1.67. The number of nitrogen functional groups attached to an aromatic ring is 1. The fraction of sp³-hybridized carbons (Fsp3) is 0.167. The van der Waals surface area contributed by atoms with E-state index in [9.17, 15) is 0 Å². The molecule has 2 rings (SSSR count). The summed E-state index contributed by atoms with van der Waals surface area (Å²) in [5.74, 6) is 0.766. The van der Waals surface area contributed by atoms with E-state index in [1.54, 1.807) is 7.11 Å². The Morgan fingerprint density at radius 2 is 1.93 bits per heavy atom. The number of methoxy groups -OCH3 is 1. The molecule has 72 valence electrons. The molecule has 14 heavy (non-hydrogen) atoms. The molecule has 0 aromatic heterocycles. The second kappa shape index (κ2) is 3.22. The highest BCUT2D eigenvalue weighted by molar-refractivity contribution is 5.93. The molecule has 0 saturated heterocycles. The van der Waals surface area contributed by atoms with Gasteiger partial charge in [0.05, 0.1) is 12.8 Å². The average molecular weight is 187 g/mol. The normalized spacial score (nSPS) is 10.4. The number of benzene rings is 2. The van der Waals surface area contributed by atoms with Gasteiger partial charge in [-0.3, -0.25) is 0 Å². The molecule has 2 nitrogen and oxygen atoms in total. The van der Waals surface area contributed by atoms with Gasteiger partial charge in [-0.15, -0.1) is 0 Å². The van der Waals surface area contributed by atoms with E-state index in [1.807, 2.05) is 18.2 Å². The Hall–Kier alpha value is -1.70. The topological polar surface area (TPSA) is 35.2 Å². The molecule has 0 radical (unpaired) electrons. The zero-order chi connectivity index (χ0) is 10.1. The van der Waals surface area contributed by atoms with Crippen molar-refractivity contribution in [1.29, 1.82) is 0 Å². The Labute approximate surface area is 83.3 Å². The van der Waals surface area contributed by atoms with Crippen molar-refractivity contribution >= 4 is 16.5 Å². The van der Waals surface area contributed by atoms with Crippen molar-refractivity contribution in [3.8, 4) is 5.75 Å². The highest BCUT2D eigenvalue weighted by Gasteiger charge is 2.04. The quantitative estimate of drug-likeness (QED) is 0.697. The SMILES string of the molecule is COc1c(N)ccc2cc(C)ccc12. The lowest BCUT2D eigenvalue weighted by Crippen LogP contribution is -1.93. The van der Waals surface area contributed by atoms with Crippen molar-refractivity contribution in [2.24, 2.45) is 0 Å². The zero-order valence-corrected chi connectivity index (χ0v) is 8.37. The van der Waals surface area contributed by atoms with Crippen molar-refractivity contribution in [3.63, 3.8) is 0 Å². The van der Waals surface area contributed by atoms with Crippen LogP contribution in [0.1, 0.15) is 5.56 Å². The molecule has 0 heterocycles. The number of ether oxygens (including phenoxy) is 1. The third-order valence-electron chi connectivity index (χ3n) is 2.36. The molecule has 0 amide bonds. The van der Waals surface area contributed by atoms with E-state index in [0.717, 1.165) is 16.5 Å². The van der Waals surface area contributed by atoms with E-state index < -0.39 is 0 Å². The second-order valence-electron chi connectivity index (χ2n) is 3.41. The Bertz CT molecular complexity index is 477. The Morgan fingerprint density at radius 1 is 1.14 bits per heavy atom. The lowest BCUT2D eigenvalue weighted by Gasteiger charge is -2.08. The zero-order valence-electron chi connectivity index (χ0n) is 8.37. The summed E-state index contributed by atoms with van der Waals surface area (Å²) in [7, 11) is 1.64. The lowest BCUT2D eigenvalue weighted by molar-refractivity contribution is 0.422. The van der Waals surface area contributed by atoms with Crippen LogP contribution in [0.5, 0.6) is 5.75 Å². The van der Waals surface area contributed by atoms with Crippen LogP contribution in [0.25, 0.3) is 10.8 Å². The number of hydrogen-bond donors (Lipinski definition) is 1. The van der Waals surface area contributed by atoms with Crippen molar-refractivity contribution in [1.82, 2.24) is 0 Å². The lowest BCUT2D eigenvalue weighted by atomic mass is 10.1. The summed E-state index contributed by atoms with van der Waals surface area (Å²) in [5.41, 5.74) is 7.73. The summed E-state index contributed by atoms with van der Waals surface area (Å²) in [5, 5.41) is 2.23. The maximum absolute atomic E-state index is 5.81. The predicted octanol–water partition coefficient (Wildman–Crippen LogP) is 2.74. The largest absolute Gasteiger partial charge is 0.494 e. The minimum absolute atomic E-state index is 0.684. The van der Waals surface area contributed by atoms with Crippen molar-refractivity contribution in [2.45, 2.75) is 6.92 Å². The Kier molecular flexibility index (Phi) is 2.04. The highest BCUT2D eigenvalue weighted by Crippen LogP contribution is 2.31. The third kappa shape index (κ3) is 1.29. The van der Waals surface area contributed by atoms with Crippen LogP contribution in [0.15, 0.2) is 30.3 Å². The van der Waals surface area contributed by atoms with Gasteiger partial charge < -0.3 is 10.5 Å². The molecule has 0 aliphatic heterocycles. The van der Waals surface area contributed by atoms with Gasteiger partial charge in [-0.25, -0.2) is 0 Å². The highest BCUT2D eigenvalue weighted by atomic mass is 16.5. The molecule has 0 atom stereocenters. The molecule has 0 saturated carbocycles. The smallest absolute Gasteiger partial charge is 0.149 e. The van der Waals surface area contributed by atoms with Crippen molar-refractivity contribution in [3.05, 3.63) is 35.9 Å². The van der Waals surface area contributed by atoms with Gasteiger partial charge in [0.25, 0.3) is 0 Å². The van der Waals surface area contributed by atoms with Gasteiger partial charge in [0.2, 0.25) is 0 Å². The minimum atomic E-state index is 0.684. The summed E-state index contributed by atoms with van der Waals surface area (Å²) < 4.78 is 5.27. The van der Waals surface area contributed by atoms with E-state index in [2.05, 4.69) is 19.1 Å². The number of hydrogen-bond acceptors (Lipinski definition) is 2. The van der Waals surface area contributed by atoms with Crippen LogP contribution in [-0.2, 0) is 0 Å². The Balaban J connectivity index is 2.82. The molecular weight excluding hydrogens is 174 g/mol. The van der Waals surface area contributed by atoms with E-state index in [4.69, 9.17) is 10.5 Å². The van der Waals surface area contributed by atoms with Gasteiger partial charge in [-0.05, 0) is 18.4 Å². The number of nitrogens with two attached hydrogens (primary N) is 1. The third-order valence-corrected chi connectivity index (χ3v) is 2.36. The van der Waals surface area contributed by atoms with Crippen molar-refractivity contribution in [2.75, 3.05) is 12.8 Å². The molecule has 2 aromatic carbocycles. The van der Waals surface area contributed by atoms with Crippen LogP contribution in [0.4, 0.5) is 5.69 Å². The molecule has 0 aliphatic rings. The number of anilines is 1. The summed E-state index contributed by atoms with van der Waals surface area (Å²) in [6.07, 6.45) is 0. The second-order valence-corrected chi connectivity index (χ2v) is 3.41. The van der Waals surface area contributed by atoms with Gasteiger partial charge in [0.15, 0.2) is 0 Å². The van der Waals surface area contributed by atoms with Gasteiger partial charge >= 0.3 is 0 Å². The summed E-state index contributed by atoms with van der Waals surface area (Å²) in [6.45, 7) is 2.07. The van der Waals surface area contributed by atoms with Crippen LogP contribution in [0, 0.1) is 6.92 Å². The van der Waals surface area contributed by atoms with Gasteiger partial charge in [-0.2, -0.15) is 0 Å². The summed E-state index contributed by atoms with van der Waals surface area (Å²) >= 11 is 0. The minimum Gasteiger partial charge on any atom is -0.494 e. The van der Waals surface area contributed by atoms with E-state index in [1.165, 1.54) is 5.56 Å². The molecular formula is C12H13NO. The van der Waals surface area contributed by atoms with Crippen LogP contribution < -0.4 is 10.5 Å². The van der Waals surface area contributed by atoms with Crippen molar-refractivity contribution < 1.29 is 4.74 Å². The van der Waals surface area contributed by atoms with E-state index in [0.29, 0.717) is 5.69 Å². The first-order valence-electron chi connectivity index (χ1n) is 4.55. The molecule has 0 spiro atoms. The van der Waals surface area contributed by atoms with Crippen LogP contribution in [-0.4, -0.2) is 7.11 Å². The first-order valence-corrected chi connectivity index (χ1v) is 4.55. The standard InChI is InChI=1S/C12H13NO/c1-8-3-5-10-9(7-8)4-6-11(13)12(10)14-2/h3-7H,13H2,1-2H3. The van der Waals surface area contributed by atoms with Crippen LogP contribution >= 0.6 is 0 Å². The molecule has 0 bridgehead atoms. The number of rotatable bonds is 1. The maximum Gasteiger partial charge on any atom is 0.149 e. The van der Waals surface area contributed by atoms with Crippen LogP contribution in [0.3, 0.4) is 0 Å². The molecule has 0 aliphatic carbocycles. The first-order chi connectivity index (χ1) is 6.72. The molecule has 2 heteroatoms. The van der Waals surface area contributed by atoms with E-state index in [-0.39, 0.29) is 0 Å². The Morgan fingerprint density at radius 3 is 2.64 bits per heavy atom. The molecule has 2 N–H and O–H groups in total. The molecule has 0 unspecified atom stereocenters. The number of fused-ring (bicyclic) bond motifs is 1. The van der Waals surface area contributed by atoms with Gasteiger partial charge in [-0.1, -0.05) is 29.8 Å². The van der Waals surface area contributed by atoms with Gasteiger partial charge in [0.1, 0.15) is 5.75 Å². The van der Waals surface area contributed by atoms with E-state index >= 15 is 0 Å². The van der Waals surface area contributed by atoms with Gasteiger partial charge in [0, 0.05) is 5.39 Å².